The van der Waals surface area contributed by atoms with Gasteiger partial charge in [-0.15, -0.1) is 0 Å². The van der Waals surface area contributed by atoms with Gasteiger partial charge in [-0.1, -0.05) is 12.1 Å². The molecule has 22 heavy (non-hydrogen) atoms. The Morgan fingerprint density at radius 3 is 3.05 bits per heavy atom. The van der Waals surface area contributed by atoms with Crippen molar-refractivity contribution in [2.75, 3.05) is 6.61 Å². The zero-order valence-corrected chi connectivity index (χ0v) is 11.8. The summed E-state index contributed by atoms with van der Waals surface area (Å²) in [5.74, 6) is 0.408. The first-order chi connectivity index (χ1) is 10.6. The van der Waals surface area contributed by atoms with Gasteiger partial charge in [0.1, 0.15) is 11.4 Å². The summed E-state index contributed by atoms with van der Waals surface area (Å²) in [6.07, 6.45) is 3.01. The van der Waals surface area contributed by atoms with Crippen molar-refractivity contribution >= 4 is 5.91 Å². The summed E-state index contributed by atoms with van der Waals surface area (Å²) in [6.45, 7) is -1.70. The van der Waals surface area contributed by atoms with Gasteiger partial charge in [-0.25, -0.2) is 4.68 Å². The highest BCUT2D eigenvalue weighted by atomic mass is 19.3. The molecule has 0 radical (unpaired) electrons. The Hall–Kier alpha value is -2.44. The van der Waals surface area contributed by atoms with E-state index >= 15 is 0 Å². The summed E-state index contributed by atoms with van der Waals surface area (Å²) in [6, 6.07) is 7.03. The van der Waals surface area contributed by atoms with E-state index in [4.69, 9.17) is 4.74 Å². The van der Waals surface area contributed by atoms with Gasteiger partial charge in [0.2, 0.25) is 0 Å². The Bertz CT molecular complexity index is 685. The number of nitrogens with one attached hydrogen (secondary N) is 1. The van der Waals surface area contributed by atoms with Gasteiger partial charge in [-0.2, -0.15) is 13.9 Å². The third-order valence-electron chi connectivity index (χ3n) is 3.47. The Morgan fingerprint density at radius 2 is 2.27 bits per heavy atom. The van der Waals surface area contributed by atoms with Crippen LogP contribution in [0.3, 0.4) is 0 Å². The first-order valence-corrected chi connectivity index (χ1v) is 6.99. The van der Waals surface area contributed by atoms with Crippen molar-refractivity contribution in [1.82, 2.24) is 15.1 Å². The van der Waals surface area contributed by atoms with Crippen LogP contribution in [-0.4, -0.2) is 22.3 Å². The van der Waals surface area contributed by atoms with Crippen LogP contribution < -0.4 is 10.1 Å². The molecule has 0 saturated heterocycles. The normalized spacial score (nSPS) is 13.6. The second kappa shape index (κ2) is 6.13. The maximum Gasteiger partial charge on any atom is 0.333 e. The van der Waals surface area contributed by atoms with E-state index in [1.807, 2.05) is 18.2 Å². The van der Waals surface area contributed by atoms with Gasteiger partial charge < -0.3 is 10.1 Å². The topological polar surface area (TPSA) is 56.1 Å². The molecule has 1 aromatic heterocycles. The number of carbonyl (C=O) groups excluding carboxylic acids is 1. The SMILES string of the molecule is O=C(NCc1ccc2c(c1)CCCO2)c1ccn(C(F)F)n1. The Morgan fingerprint density at radius 1 is 1.41 bits per heavy atom. The minimum atomic E-state index is -2.75. The molecule has 1 aromatic carbocycles. The average molecular weight is 307 g/mol. The number of benzene rings is 1. The van der Waals surface area contributed by atoms with Gasteiger partial charge in [0.25, 0.3) is 5.91 Å². The smallest absolute Gasteiger partial charge is 0.333 e. The van der Waals surface area contributed by atoms with E-state index in [9.17, 15) is 13.6 Å². The number of carbonyl (C=O) groups is 1. The Kier molecular flexibility index (Phi) is 4.04. The number of aryl methyl sites for hydroxylation is 1. The van der Waals surface area contributed by atoms with Crippen LogP contribution in [0.15, 0.2) is 30.5 Å². The number of rotatable bonds is 4. The molecule has 2 aromatic rings. The highest BCUT2D eigenvalue weighted by Crippen LogP contribution is 2.25. The molecule has 116 valence electrons. The number of aromatic nitrogens is 2. The number of nitrogens with zero attached hydrogens (tertiary/aromatic N) is 2. The summed E-state index contributed by atoms with van der Waals surface area (Å²) in [5.41, 5.74) is 2.03. The molecule has 0 spiro atoms. The Labute approximate surface area is 125 Å². The quantitative estimate of drug-likeness (QED) is 0.944. The lowest BCUT2D eigenvalue weighted by molar-refractivity contribution is 0.0560. The van der Waals surface area contributed by atoms with Crippen molar-refractivity contribution in [3.05, 3.63) is 47.3 Å². The highest BCUT2D eigenvalue weighted by Gasteiger charge is 2.14. The third kappa shape index (κ3) is 3.08. The standard InChI is InChI=1S/C15H15F2N3O2/c16-15(17)20-6-5-12(19-20)14(21)18-9-10-3-4-13-11(8-10)2-1-7-22-13/h3-6,8,15H,1-2,7,9H2,(H,18,21). The number of amides is 1. The summed E-state index contributed by atoms with van der Waals surface area (Å²) in [7, 11) is 0. The van der Waals surface area contributed by atoms with Crippen LogP contribution in [-0.2, 0) is 13.0 Å². The molecule has 0 atom stereocenters. The number of hydrogen-bond acceptors (Lipinski definition) is 3. The predicted octanol–water partition coefficient (Wildman–Crippen LogP) is 2.53. The molecule has 0 unspecified atom stereocenters. The summed E-state index contributed by atoms with van der Waals surface area (Å²) in [5, 5.41) is 6.20. The molecule has 5 nitrogen and oxygen atoms in total. The van der Waals surface area contributed by atoms with Gasteiger partial charge in [-0.3, -0.25) is 4.79 Å². The maximum atomic E-state index is 12.4. The summed E-state index contributed by atoms with van der Waals surface area (Å²) in [4.78, 5) is 11.9. The lowest BCUT2D eigenvalue weighted by Crippen LogP contribution is -2.23. The van der Waals surface area contributed by atoms with Crippen molar-refractivity contribution in [2.45, 2.75) is 25.9 Å². The monoisotopic (exact) mass is 307 g/mol. The molecule has 0 aliphatic carbocycles. The van der Waals surface area contributed by atoms with Crippen LogP contribution in [0.1, 0.15) is 34.6 Å². The van der Waals surface area contributed by atoms with E-state index in [2.05, 4.69) is 10.4 Å². The number of hydrogen-bond donors (Lipinski definition) is 1. The van der Waals surface area contributed by atoms with Crippen molar-refractivity contribution in [2.24, 2.45) is 0 Å². The molecule has 1 amide bonds. The van der Waals surface area contributed by atoms with E-state index < -0.39 is 12.5 Å². The lowest BCUT2D eigenvalue weighted by Gasteiger charge is -2.17. The first-order valence-electron chi connectivity index (χ1n) is 6.99. The Balaban J connectivity index is 1.63. The van der Waals surface area contributed by atoms with Crippen molar-refractivity contribution in [3.8, 4) is 5.75 Å². The number of fused-ring (bicyclic) bond motifs is 1. The van der Waals surface area contributed by atoms with Crippen LogP contribution >= 0.6 is 0 Å². The molecule has 7 heteroatoms. The highest BCUT2D eigenvalue weighted by molar-refractivity contribution is 5.92. The molecule has 0 saturated carbocycles. The maximum absolute atomic E-state index is 12.4. The summed E-state index contributed by atoms with van der Waals surface area (Å²) < 4.78 is 30.8. The predicted molar refractivity (Wildman–Crippen MR) is 74.9 cm³/mol. The molecular formula is C15H15F2N3O2. The number of alkyl halides is 2. The molecule has 1 N–H and O–H groups in total. The van der Waals surface area contributed by atoms with Gasteiger partial charge in [0, 0.05) is 12.7 Å². The van der Waals surface area contributed by atoms with Gasteiger partial charge in [0.05, 0.1) is 6.61 Å². The van der Waals surface area contributed by atoms with E-state index in [1.165, 1.54) is 6.07 Å². The summed E-state index contributed by atoms with van der Waals surface area (Å²) >= 11 is 0. The molecule has 1 aliphatic heterocycles. The van der Waals surface area contributed by atoms with Crippen LogP contribution in [0.4, 0.5) is 8.78 Å². The van der Waals surface area contributed by atoms with Crippen LogP contribution in [0, 0.1) is 0 Å². The van der Waals surface area contributed by atoms with Crippen LogP contribution in [0.5, 0.6) is 5.75 Å². The largest absolute Gasteiger partial charge is 0.493 e. The molecular weight excluding hydrogens is 292 g/mol. The minimum Gasteiger partial charge on any atom is -0.493 e. The van der Waals surface area contributed by atoms with Crippen molar-refractivity contribution in [3.63, 3.8) is 0 Å². The fourth-order valence-electron chi connectivity index (χ4n) is 2.36. The molecule has 0 fully saturated rings. The van der Waals surface area contributed by atoms with Gasteiger partial charge >= 0.3 is 6.55 Å². The number of ether oxygens (including phenoxy) is 1. The van der Waals surface area contributed by atoms with E-state index in [0.29, 0.717) is 11.2 Å². The zero-order chi connectivity index (χ0) is 15.5. The van der Waals surface area contributed by atoms with E-state index in [0.717, 1.165) is 42.5 Å². The lowest BCUT2D eigenvalue weighted by atomic mass is 10.0. The first kappa shape index (κ1) is 14.5. The third-order valence-corrected chi connectivity index (χ3v) is 3.47. The van der Waals surface area contributed by atoms with E-state index in [-0.39, 0.29) is 5.69 Å². The second-order valence-electron chi connectivity index (χ2n) is 5.04. The second-order valence-corrected chi connectivity index (χ2v) is 5.04. The van der Waals surface area contributed by atoms with Gasteiger partial charge in [0.15, 0.2) is 0 Å². The zero-order valence-electron chi connectivity index (χ0n) is 11.8. The van der Waals surface area contributed by atoms with Crippen molar-refractivity contribution in [1.29, 1.82) is 0 Å². The van der Waals surface area contributed by atoms with Gasteiger partial charge in [-0.05, 0) is 36.1 Å². The average Bonchev–Trinajstić information content (AvgIpc) is 3.03. The van der Waals surface area contributed by atoms with Crippen LogP contribution in [0.2, 0.25) is 0 Å². The molecule has 1 aliphatic rings. The fraction of sp³-hybridized carbons (Fsp3) is 0.333. The van der Waals surface area contributed by atoms with E-state index in [1.54, 1.807) is 0 Å². The minimum absolute atomic E-state index is 0.0263. The van der Waals surface area contributed by atoms with Crippen molar-refractivity contribution < 1.29 is 18.3 Å². The fourth-order valence-corrected chi connectivity index (χ4v) is 2.36. The molecule has 0 bridgehead atoms. The molecule has 3 rings (SSSR count). The number of halogens is 2. The molecule has 2 heterocycles. The van der Waals surface area contributed by atoms with Crippen LogP contribution in [0.25, 0.3) is 0 Å².